The molecule has 1 amide bonds. The first-order valence-corrected chi connectivity index (χ1v) is 7.23. The highest BCUT2D eigenvalue weighted by Crippen LogP contribution is 2.28. The summed E-state index contributed by atoms with van der Waals surface area (Å²) in [4.78, 5) is 18.9. The third kappa shape index (κ3) is 3.24. The van der Waals surface area contributed by atoms with Gasteiger partial charge in [0, 0.05) is 31.2 Å². The number of aryl methyl sites for hydroxylation is 1. The monoisotopic (exact) mass is 284 g/mol. The van der Waals surface area contributed by atoms with Gasteiger partial charge in [0.15, 0.2) is 0 Å². The molecule has 0 aliphatic heterocycles. The van der Waals surface area contributed by atoms with Gasteiger partial charge in [-0.2, -0.15) is 0 Å². The number of nitrogen functional groups attached to an aromatic ring is 1. The molecule has 1 heterocycles. The summed E-state index contributed by atoms with van der Waals surface area (Å²) in [6.07, 6.45) is 6.25. The Morgan fingerprint density at radius 2 is 2.29 bits per heavy atom. The van der Waals surface area contributed by atoms with E-state index in [1.807, 2.05) is 47.0 Å². The third-order valence-electron chi connectivity index (χ3n) is 3.85. The Labute approximate surface area is 124 Å². The number of carbonyl (C=O) groups excluding carboxylic acids is 1. The first kappa shape index (κ1) is 13.7. The van der Waals surface area contributed by atoms with Crippen molar-refractivity contribution in [1.29, 1.82) is 0 Å². The van der Waals surface area contributed by atoms with Crippen molar-refractivity contribution in [3.05, 3.63) is 48.0 Å². The molecule has 21 heavy (non-hydrogen) atoms. The SMILES string of the molecule is Cn1ccnc1CN(C(=O)Cc1cccc(N)c1)C1CC1. The summed E-state index contributed by atoms with van der Waals surface area (Å²) in [6, 6.07) is 7.90. The van der Waals surface area contributed by atoms with Gasteiger partial charge in [-0.3, -0.25) is 4.79 Å². The second-order valence-electron chi connectivity index (χ2n) is 5.63. The van der Waals surface area contributed by atoms with Crippen LogP contribution in [0.15, 0.2) is 36.7 Å². The molecule has 2 aromatic rings. The zero-order valence-corrected chi connectivity index (χ0v) is 12.2. The van der Waals surface area contributed by atoms with Crippen molar-refractivity contribution in [2.24, 2.45) is 7.05 Å². The molecule has 1 aromatic heterocycles. The molecule has 5 heteroatoms. The maximum Gasteiger partial charge on any atom is 0.227 e. The van der Waals surface area contributed by atoms with Crippen molar-refractivity contribution in [3.8, 4) is 0 Å². The fourth-order valence-electron chi connectivity index (χ4n) is 2.49. The summed E-state index contributed by atoms with van der Waals surface area (Å²) in [5.41, 5.74) is 7.43. The lowest BCUT2D eigenvalue weighted by Gasteiger charge is -2.22. The largest absolute Gasteiger partial charge is 0.399 e. The standard InChI is InChI=1S/C16H20N4O/c1-19-8-7-18-15(19)11-20(14-5-6-14)16(21)10-12-3-2-4-13(17)9-12/h2-4,7-9,14H,5-6,10-11,17H2,1H3. The quantitative estimate of drug-likeness (QED) is 0.851. The molecule has 5 nitrogen and oxygen atoms in total. The fraction of sp³-hybridized carbons (Fsp3) is 0.375. The number of imidazole rings is 1. The number of carbonyl (C=O) groups is 1. The predicted octanol–water partition coefficient (Wildman–Crippen LogP) is 1.74. The van der Waals surface area contributed by atoms with Crippen LogP contribution in [0.3, 0.4) is 0 Å². The lowest BCUT2D eigenvalue weighted by molar-refractivity contribution is -0.131. The highest BCUT2D eigenvalue weighted by Gasteiger charge is 2.33. The highest BCUT2D eigenvalue weighted by atomic mass is 16.2. The molecular formula is C16H20N4O. The van der Waals surface area contributed by atoms with Gasteiger partial charge in [0.1, 0.15) is 5.82 Å². The molecule has 1 fully saturated rings. The van der Waals surface area contributed by atoms with E-state index in [2.05, 4.69) is 4.98 Å². The van der Waals surface area contributed by atoms with Gasteiger partial charge in [-0.05, 0) is 30.5 Å². The lowest BCUT2D eigenvalue weighted by Crippen LogP contribution is -2.34. The molecule has 3 rings (SSSR count). The van der Waals surface area contributed by atoms with Crippen LogP contribution in [-0.4, -0.2) is 26.4 Å². The number of hydrogen-bond acceptors (Lipinski definition) is 3. The maximum absolute atomic E-state index is 12.6. The first-order chi connectivity index (χ1) is 10.1. The van der Waals surface area contributed by atoms with Gasteiger partial charge in [-0.15, -0.1) is 0 Å². The summed E-state index contributed by atoms with van der Waals surface area (Å²) in [5, 5.41) is 0. The Morgan fingerprint density at radius 1 is 1.48 bits per heavy atom. The second-order valence-corrected chi connectivity index (χ2v) is 5.63. The van der Waals surface area contributed by atoms with Crippen LogP contribution in [0, 0.1) is 0 Å². The van der Waals surface area contributed by atoms with Crippen molar-refractivity contribution in [1.82, 2.24) is 14.5 Å². The Hall–Kier alpha value is -2.30. The van der Waals surface area contributed by atoms with Crippen LogP contribution in [0.4, 0.5) is 5.69 Å². The summed E-state index contributed by atoms with van der Waals surface area (Å²) < 4.78 is 1.96. The number of benzene rings is 1. The van der Waals surface area contributed by atoms with Crippen molar-refractivity contribution in [3.63, 3.8) is 0 Å². The van der Waals surface area contributed by atoms with Gasteiger partial charge in [0.25, 0.3) is 0 Å². The Bertz CT molecular complexity index is 645. The minimum absolute atomic E-state index is 0.145. The van der Waals surface area contributed by atoms with Crippen molar-refractivity contribution >= 4 is 11.6 Å². The zero-order valence-electron chi connectivity index (χ0n) is 12.2. The molecule has 2 N–H and O–H groups in total. The van der Waals surface area contributed by atoms with Crippen LogP contribution in [0.1, 0.15) is 24.2 Å². The fourth-order valence-corrected chi connectivity index (χ4v) is 2.49. The van der Waals surface area contributed by atoms with Gasteiger partial charge in [-0.1, -0.05) is 12.1 Å². The van der Waals surface area contributed by atoms with Gasteiger partial charge < -0.3 is 15.2 Å². The lowest BCUT2D eigenvalue weighted by atomic mass is 10.1. The van der Waals surface area contributed by atoms with Gasteiger partial charge in [0.2, 0.25) is 5.91 Å². The molecule has 0 radical (unpaired) electrons. The topological polar surface area (TPSA) is 64.2 Å². The average Bonchev–Trinajstić information content (AvgIpc) is 3.20. The van der Waals surface area contributed by atoms with Crippen LogP contribution in [0.5, 0.6) is 0 Å². The summed E-state index contributed by atoms with van der Waals surface area (Å²) in [7, 11) is 1.95. The molecule has 0 unspecified atom stereocenters. The van der Waals surface area contributed by atoms with Crippen molar-refractivity contribution < 1.29 is 4.79 Å². The summed E-state index contributed by atoms with van der Waals surface area (Å²) in [5.74, 6) is 1.06. The number of hydrogen-bond donors (Lipinski definition) is 1. The van der Waals surface area contributed by atoms with Crippen LogP contribution in [0.2, 0.25) is 0 Å². The van der Waals surface area contributed by atoms with E-state index in [-0.39, 0.29) is 5.91 Å². The van der Waals surface area contributed by atoms with E-state index in [0.717, 1.165) is 24.2 Å². The second kappa shape index (κ2) is 5.60. The molecule has 1 saturated carbocycles. The number of amides is 1. The molecule has 110 valence electrons. The summed E-state index contributed by atoms with van der Waals surface area (Å²) >= 11 is 0. The van der Waals surface area contributed by atoms with E-state index in [1.165, 1.54) is 0 Å². The molecule has 0 saturated heterocycles. The van der Waals surface area contributed by atoms with Gasteiger partial charge in [-0.25, -0.2) is 4.98 Å². The molecule has 0 bridgehead atoms. The number of rotatable bonds is 5. The Kier molecular flexibility index (Phi) is 3.64. The van der Waals surface area contributed by atoms with E-state index in [0.29, 0.717) is 24.7 Å². The average molecular weight is 284 g/mol. The first-order valence-electron chi connectivity index (χ1n) is 7.23. The zero-order chi connectivity index (χ0) is 14.8. The van der Waals surface area contributed by atoms with E-state index in [1.54, 1.807) is 6.20 Å². The molecule has 1 aromatic carbocycles. The third-order valence-corrected chi connectivity index (χ3v) is 3.85. The normalized spacial score (nSPS) is 14.1. The van der Waals surface area contributed by atoms with Gasteiger partial charge in [0.05, 0.1) is 13.0 Å². The molecular weight excluding hydrogens is 264 g/mol. The van der Waals surface area contributed by atoms with Gasteiger partial charge >= 0.3 is 0 Å². The number of anilines is 1. The van der Waals surface area contributed by atoms with Crippen LogP contribution in [-0.2, 0) is 24.8 Å². The van der Waals surface area contributed by atoms with E-state index < -0.39 is 0 Å². The van der Waals surface area contributed by atoms with Crippen molar-refractivity contribution in [2.75, 3.05) is 5.73 Å². The molecule has 1 aliphatic rings. The Morgan fingerprint density at radius 3 is 2.90 bits per heavy atom. The van der Waals surface area contributed by atoms with Crippen molar-refractivity contribution in [2.45, 2.75) is 31.8 Å². The number of nitrogens with zero attached hydrogens (tertiary/aromatic N) is 3. The maximum atomic E-state index is 12.6. The summed E-state index contributed by atoms with van der Waals surface area (Å²) in [6.45, 7) is 0.579. The Balaban J connectivity index is 1.72. The van der Waals surface area contributed by atoms with Crippen LogP contribution in [0.25, 0.3) is 0 Å². The van der Waals surface area contributed by atoms with E-state index >= 15 is 0 Å². The minimum Gasteiger partial charge on any atom is -0.399 e. The number of aromatic nitrogens is 2. The van der Waals surface area contributed by atoms with Crippen LogP contribution >= 0.6 is 0 Å². The van der Waals surface area contributed by atoms with E-state index in [9.17, 15) is 4.79 Å². The van der Waals surface area contributed by atoms with Crippen LogP contribution < -0.4 is 5.73 Å². The highest BCUT2D eigenvalue weighted by molar-refractivity contribution is 5.79. The molecule has 1 aliphatic carbocycles. The number of nitrogens with two attached hydrogens (primary N) is 1. The predicted molar refractivity (Wildman–Crippen MR) is 81.3 cm³/mol. The molecule has 0 atom stereocenters. The van der Waals surface area contributed by atoms with E-state index in [4.69, 9.17) is 5.73 Å². The smallest absolute Gasteiger partial charge is 0.227 e. The molecule has 0 spiro atoms. The minimum atomic E-state index is 0.145.